The fourth-order valence-corrected chi connectivity index (χ4v) is 7.99. The molecule has 2 aliphatic rings. The van der Waals surface area contributed by atoms with Gasteiger partial charge in [-0.25, -0.2) is 28.4 Å². The third kappa shape index (κ3) is 6.18. The molecule has 9 rings (SSSR count). The maximum absolute atomic E-state index is 14.9. The van der Waals surface area contributed by atoms with Crippen LogP contribution >= 0.6 is 0 Å². The van der Waals surface area contributed by atoms with Crippen molar-refractivity contribution in [3.05, 3.63) is 120 Å². The van der Waals surface area contributed by atoms with Gasteiger partial charge in [0.15, 0.2) is 11.5 Å². The van der Waals surface area contributed by atoms with Crippen LogP contribution in [0.4, 0.5) is 14.6 Å². The number of amides is 1. The number of benzene rings is 3. The predicted molar refractivity (Wildman–Crippen MR) is 200 cm³/mol. The van der Waals surface area contributed by atoms with Crippen molar-refractivity contribution in [1.29, 1.82) is 0 Å². The van der Waals surface area contributed by atoms with Crippen LogP contribution in [0.5, 0.6) is 5.88 Å². The Labute approximate surface area is 309 Å². The zero-order chi connectivity index (χ0) is 36.8. The van der Waals surface area contributed by atoms with Gasteiger partial charge in [-0.05, 0) is 66.6 Å². The molecule has 0 spiro atoms. The molecule has 3 aromatic carbocycles. The molecule has 0 radical (unpaired) electrons. The molecular weight excluding hydrogens is 689 g/mol. The molecule has 0 unspecified atom stereocenters. The largest absolute Gasteiger partial charge is 0.472 e. The van der Waals surface area contributed by atoms with Crippen LogP contribution < -0.4 is 9.64 Å². The molecule has 0 N–H and O–H groups in total. The van der Waals surface area contributed by atoms with E-state index in [0.717, 1.165) is 59.5 Å². The Morgan fingerprint density at radius 1 is 0.963 bits per heavy atom. The van der Waals surface area contributed by atoms with Crippen LogP contribution in [-0.4, -0.2) is 77.1 Å². The maximum Gasteiger partial charge on any atom is 0.245 e. The van der Waals surface area contributed by atoms with Crippen molar-refractivity contribution < 1.29 is 18.3 Å². The molecule has 0 aliphatic carbocycles. The average Bonchev–Trinajstić information content (AvgIpc) is 3.89. The second-order valence-electron chi connectivity index (χ2n) is 13.9. The second kappa shape index (κ2) is 14.0. The number of halogens is 2. The Morgan fingerprint density at radius 3 is 2.72 bits per heavy atom. The van der Waals surface area contributed by atoms with E-state index in [-0.39, 0.29) is 11.6 Å². The van der Waals surface area contributed by atoms with E-state index in [4.69, 9.17) is 9.84 Å². The van der Waals surface area contributed by atoms with E-state index in [0.29, 0.717) is 48.8 Å². The van der Waals surface area contributed by atoms with Gasteiger partial charge in [0.2, 0.25) is 11.8 Å². The number of hydrogen-bond donors (Lipinski definition) is 0. The number of aromatic nitrogens is 7. The van der Waals surface area contributed by atoms with E-state index >= 15 is 0 Å². The number of pyridine rings is 1. The quantitative estimate of drug-likeness (QED) is 0.192. The molecule has 54 heavy (non-hydrogen) atoms. The van der Waals surface area contributed by atoms with Gasteiger partial charge in [-0.15, -0.1) is 0 Å². The highest BCUT2D eigenvalue weighted by Gasteiger charge is 2.42. The van der Waals surface area contributed by atoms with Crippen molar-refractivity contribution in [3.8, 4) is 22.7 Å². The smallest absolute Gasteiger partial charge is 0.245 e. The minimum absolute atomic E-state index is 0.0231. The first-order valence-electron chi connectivity index (χ1n) is 18.2. The fourth-order valence-electron chi connectivity index (χ4n) is 7.99. The van der Waals surface area contributed by atoms with Crippen LogP contribution in [0.1, 0.15) is 30.5 Å². The summed E-state index contributed by atoms with van der Waals surface area (Å²) in [5, 5.41) is 10.9. The summed E-state index contributed by atoms with van der Waals surface area (Å²) in [5.41, 5.74) is 5.65. The van der Waals surface area contributed by atoms with Crippen molar-refractivity contribution in [1.82, 2.24) is 39.4 Å². The van der Waals surface area contributed by atoms with Crippen molar-refractivity contribution in [2.75, 3.05) is 24.5 Å². The third-order valence-electron chi connectivity index (χ3n) is 10.5. The zero-order valence-electron chi connectivity index (χ0n) is 29.6. The third-order valence-corrected chi connectivity index (χ3v) is 10.5. The molecule has 272 valence electrons. The first kappa shape index (κ1) is 33.6. The number of ether oxygens (including phenoxy) is 1. The molecule has 0 saturated carbocycles. The lowest BCUT2D eigenvalue weighted by Gasteiger charge is -2.31. The van der Waals surface area contributed by atoms with Crippen LogP contribution in [-0.2, 0) is 24.7 Å². The second-order valence-corrected chi connectivity index (χ2v) is 13.9. The molecule has 1 saturated heterocycles. The normalized spacial score (nSPS) is 17.5. The summed E-state index contributed by atoms with van der Waals surface area (Å²) in [5.74, 6) is -0.549. The topological polar surface area (TPSA) is 107 Å². The molecule has 13 heteroatoms. The van der Waals surface area contributed by atoms with E-state index in [1.807, 2.05) is 64.0 Å². The van der Waals surface area contributed by atoms with E-state index in [9.17, 15) is 13.6 Å². The fraction of sp³-hybridized carbons (Fsp3) is 0.268. The van der Waals surface area contributed by atoms with Crippen LogP contribution in [0.2, 0.25) is 0 Å². The molecular formula is C41H37F2N9O2. The highest BCUT2D eigenvalue weighted by Crippen LogP contribution is 2.36. The van der Waals surface area contributed by atoms with Gasteiger partial charge >= 0.3 is 0 Å². The van der Waals surface area contributed by atoms with Crippen molar-refractivity contribution in [2.45, 2.75) is 44.2 Å². The highest BCUT2D eigenvalue weighted by atomic mass is 19.1. The van der Waals surface area contributed by atoms with E-state index in [2.05, 4.69) is 38.2 Å². The summed E-state index contributed by atoms with van der Waals surface area (Å²) in [6.07, 6.45) is 7.78. The van der Waals surface area contributed by atoms with Crippen LogP contribution in [0, 0.1) is 11.6 Å². The Kier molecular flexibility index (Phi) is 8.68. The number of nitrogens with zero attached hydrogens (tertiary/aromatic N) is 9. The first-order chi connectivity index (χ1) is 26.4. The summed E-state index contributed by atoms with van der Waals surface area (Å²) >= 11 is 0. The molecule has 4 bridgehead atoms. The minimum Gasteiger partial charge on any atom is -0.472 e. The van der Waals surface area contributed by atoms with Crippen molar-refractivity contribution >= 4 is 33.7 Å². The molecule has 2 aliphatic heterocycles. The van der Waals surface area contributed by atoms with Crippen molar-refractivity contribution in [2.24, 2.45) is 7.05 Å². The Hall–Kier alpha value is -6.24. The number of carbonyl (C=O) groups excluding carboxylic acids is 1. The van der Waals surface area contributed by atoms with E-state index in [1.54, 1.807) is 12.4 Å². The van der Waals surface area contributed by atoms with Gasteiger partial charge in [0.25, 0.3) is 0 Å². The molecule has 1 amide bonds. The van der Waals surface area contributed by atoms with E-state index < -0.39 is 23.8 Å². The van der Waals surface area contributed by atoms with Crippen LogP contribution in [0.3, 0.4) is 0 Å². The summed E-state index contributed by atoms with van der Waals surface area (Å²) in [4.78, 5) is 32.6. The number of fused-ring (bicyclic) bond motifs is 6. The van der Waals surface area contributed by atoms with Gasteiger partial charge in [-0.1, -0.05) is 42.5 Å². The SMILES string of the molecule is Cn1nc2cccc3c2c1CCCN(CCCc1ccccc1)C(=O)[C@@H]1C[C@@H](CN1c1ncnc2c1cnn2-c1ccc(F)cc1F)Oc1cc-3ccn1. The van der Waals surface area contributed by atoms with Gasteiger partial charge in [0.1, 0.15) is 35.8 Å². The zero-order valence-corrected chi connectivity index (χ0v) is 29.6. The molecule has 7 aromatic rings. The van der Waals surface area contributed by atoms with E-state index in [1.165, 1.54) is 28.7 Å². The molecule has 1 fully saturated rings. The summed E-state index contributed by atoms with van der Waals surface area (Å²) in [7, 11) is 1.98. The maximum atomic E-state index is 14.9. The minimum atomic E-state index is -0.772. The van der Waals surface area contributed by atoms with Gasteiger partial charge in [-0.2, -0.15) is 10.2 Å². The highest BCUT2D eigenvalue weighted by molar-refractivity contribution is 5.97. The molecule has 2 atom stereocenters. The standard InChI is InChI=1S/C41H37F2N9O2/c1-49-35-13-7-19-50(18-6-10-26-8-3-2-4-9-26)41(53)36-22-29(54-37-20-27(16-17-44-37)30-11-5-12-33(48-49)38(30)35)24-51(36)39-31-23-47-52(40(31)46-25-45-39)34-15-14-28(42)21-32(34)43/h2-5,8-9,11-12,14-17,20-21,23,25,29,36H,6-7,10,13,18-19,22,24H2,1H3/t29-,36-/m0/s1. The van der Waals surface area contributed by atoms with Crippen LogP contribution in [0.15, 0.2) is 97.6 Å². The van der Waals surface area contributed by atoms with Gasteiger partial charge in [0, 0.05) is 56.0 Å². The number of rotatable bonds is 6. The predicted octanol–water partition coefficient (Wildman–Crippen LogP) is 6.48. The van der Waals surface area contributed by atoms with Gasteiger partial charge in [-0.3, -0.25) is 9.48 Å². The number of aryl methyl sites for hydroxylation is 3. The summed E-state index contributed by atoms with van der Waals surface area (Å²) in [6.45, 7) is 1.46. The Bertz CT molecular complexity index is 2500. The number of anilines is 1. The lowest BCUT2D eigenvalue weighted by Crippen LogP contribution is -2.47. The summed E-state index contributed by atoms with van der Waals surface area (Å²) < 4.78 is 38.6. The Balaban J connectivity index is 1.11. The van der Waals surface area contributed by atoms with Crippen LogP contribution in [0.25, 0.3) is 38.8 Å². The lowest BCUT2D eigenvalue weighted by atomic mass is 9.99. The first-order valence-corrected chi connectivity index (χ1v) is 18.2. The number of carbonyl (C=O) groups is 1. The summed E-state index contributed by atoms with van der Waals surface area (Å²) in [6, 6.07) is 23.1. The molecule has 4 aromatic heterocycles. The molecule has 11 nitrogen and oxygen atoms in total. The monoisotopic (exact) mass is 725 g/mol. The molecule has 6 heterocycles. The average molecular weight is 726 g/mol. The van der Waals surface area contributed by atoms with Gasteiger partial charge in [0.05, 0.1) is 23.6 Å². The Morgan fingerprint density at radius 2 is 1.85 bits per heavy atom. The van der Waals surface area contributed by atoms with Gasteiger partial charge < -0.3 is 14.5 Å². The lowest BCUT2D eigenvalue weighted by molar-refractivity contribution is -0.132. The number of hydrogen-bond acceptors (Lipinski definition) is 8. The van der Waals surface area contributed by atoms with Crippen molar-refractivity contribution in [3.63, 3.8) is 0 Å².